The number of halogens is 1. The zero-order valence-corrected chi connectivity index (χ0v) is 18.2. The minimum absolute atomic E-state index is 0.225. The highest BCUT2D eigenvalue weighted by molar-refractivity contribution is 5.80. The van der Waals surface area contributed by atoms with E-state index in [1.807, 2.05) is 4.90 Å². The number of anilines is 2. The van der Waals surface area contributed by atoms with Gasteiger partial charge in [-0.1, -0.05) is 12.1 Å². The third-order valence-electron chi connectivity index (χ3n) is 5.26. The third-order valence-corrected chi connectivity index (χ3v) is 5.26. The van der Waals surface area contributed by atoms with Crippen molar-refractivity contribution in [2.45, 2.75) is 32.2 Å². The van der Waals surface area contributed by atoms with E-state index < -0.39 is 0 Å². The van der Waals surface area contributed by atoms with Crippen LogP contribution in [-0.2, 0) is 6.42 Å². The molecule has 7 heteroatoms. The van der Waals surface area contributed by atoms with Gasteiger partial charge in [-0.05, 0) is 56.0 Å². The zero-order valence-electron chi connectivity index (χ0n) is 18.2. The van der Waals surface area contributed by atoms with Crippen LogP contribution >= 0.6 is 0 Å². The summed E-state index contributed by atoms with van der Waals surface area (Å²) in [5, 5.41) is 6.82. The smallest absolute Gasteiger partial charge is 0.191 e. The SMILES string of the molecule is CCNC(=NCCCc1ccc(N(C)C)cc1)NC1CCN(c2ncccc2F)C1. The molecule has 1 fully saturated rings. The van der Waals surface area contributed by atoms with Gasteiger partial charge in [0.1, 0.15) is 0 Å². The second-order valence-corrected chi connectivity index (χ2v) is 7.81. The third kappa shape index (κ3) is 6.08. The fourth-order valence-corrected chi connectivity index (χ4v) is 3.63. The molecule has 162 valence electrons. The topological polar surface area (TPSA) is 55.8 Å². The van der Waals surface area contributed by atoms with Crippen LogP contribution in [-0.4, -0.2) is 57.3 Å². The molecule has 0 spiro atoms. The normalized spacial score (nSPS) is 16.6. The molecule has 0 amide bonds. The molecule has 2 N–H and O–H groups in total. The molecule has 1 aliphatic heterocycles. The molecule has 0 saturated carbocycles. The van der Waals surface area contributed by atoms with E-state index in [4.69, 9.17) is 4.99 Å². The highest BCUT2D eigenvalue weighted by atomic mass is 19.1. The van der Waals surface area contributed by atoms with Gasteiger partial charge in [0.25, 0.3) is 0 Å². The van der Waals surface area contributed by atoms with Crippen LogP contribution in [0.1, 0.15) is 25.3 Å². The predicted octanol–water partition coefficient (Wildman–Crippen LogP) is 3.05. The van der Waals surface area contributed by atoms with Crippen LogP contribution in [0.5, 0.6) is 0 Å². The van der Waals surface area contributed by atoms with Crippen molar-refractivity contribution in [2.75, 3.05) is 50.1 Å². The van der Waals surface area contributed by atoms with Gasteiger partial charge < -0.3 is 20.4 Å². The van der Waals surface area contributed by atoms with Crippen LogP contribution in [0.15, 0.2) is 47.6 Å². The lowest BCUT2D eigenvalue weighted by Crippen LogP contribution is -2.44. The van der Waals surface area contributed by atoms with Gasteiger partial charge in [0.15, 0.2) is 17.6 Å². The maximum absolute atomic E-state index is 14.0. The van der Waals surface area contributed by atoms with Gasteiger partial charge in [-0.3, -0.25) is 4.99 Å². The van der Waals surface area contributed by atoms with Crippen molar-refractivity contribution in [2.24, 2.45) is 4.99 Å². The van der Waals surface area contributed by atoms with Crippen LogP contribution in [0.3, 0.4) is 0 Å². The summed E-state index contributed by atoms with van der Waals surface area (Å²) in [6.45, 7) is 5.14. The fourth-order valence-electron chi connectivity index (χ4n) is 3.63. The Balaban J connectivity index is 1.48. The van der Waals surface area contributed by atoms with Gasteiger partial charge in [0, 0.05) is 58.2 Å². The van der Waals surface area contributed by atoms with E-state index in [0.717, 1.165) is 51.4 Å². The van der Waals surface area contributed by atoms with E-state index in [0.29, 0.717) is 5.82 Å². The number of hydrogen-bond acceptors (Lipinski definition) is 4. The lowest BCUT2D eigenvalue weighted by Gasteiger charge is -2.20. The molecule has 1 aliphatic rings. The molecule has 1 atom stereocenters. The van der Waals surface area contributed by atoms with Crippen LogP contribution in [0.2, 0.25) is 0 Å². The van der Waals surface area contributed by atoms with E-state index in [9.17, 15) is 4.39 Å². The summed E-state index contributed by atoms with van der Waals surface area (Å²) < 4.78 is 14.0. The first-order valence-corrected chi connectivity index (χ1v) is 10.7. The number of nitrogens with zero attached hydrogens (tertiary/aromatic N) is 4. The average Bonchev–Trinajstić information content (AvgIpc) is 3.20. The Morgan fingerprint density at radius 3 is 2.77 bits per heavy atom. The van der Waals surface area contributed by atoms with E-state index in [2.05, 4.69) is 65.8 Å². The number of rotatable bonds is 8. The molecule has 6 nitrogen and oxygen atoms in total. The summed E-state index contributed by atoms with van der Waals surface area (Å²) >= 11 is 0. The summed E-state index contributed by atoms with van der Waals surface area (Å²) in [6.07, 6.45) is 4.57. The maximum Gasteiger partial charge on any atom is 0.191 e. The van der Waals surface area contributed by atoms with Gasteiger partial charge in [0.2, 0.25) is 0 Å². The Kier molecular flexibility index (Phi) is 7.88. The van der Waals surface area contributed by atoms with Gasteiger partial charge >= 0.3 is 0 Å². The van der Waals surface area contributed by atoms with Gasteiger partial charge in [0.05, 0.1) is 0 Å². The summed E-state index contributed by atoms with van der Waals surface area (Å²) in [5.41, 5.74) is 2.55. The van der Waals surface area contributed by atoms with Crippen LogP contribution in [0, 0.1) is 5.82 Å². The molecule has 30 heavy (non-hydrogen) atoms. The fraction of sp³-hybridized carbons (Fsp3) is 0.478. The van der Waals surface area contributed by atoms with Crippen LogP contribution in [0.25, 0.3) is 0 Å². The molecule has 2 aromatic rings. The highest BCUT2D eigenvalue weighted by Gasteiger charge is 2.25. The van der Waals surface area contributed by atoms with Gasteiger partial charge in [-0.2, -0.15) is 0 Å². The predicted molar refractivity (Wildman–Crippen MR) is 123 cm³/mol. The van der Waals surface area contributed by atoms with Crippen molar-refractivity contribution in [1.82, 2.24) is 15.6 Å². The minimum atomic E-state index is -0.266. The number of pyridine rings is 1. The first kappa shape index (κ1) is 21.9. The Bertz CT molecular complexity index is 821. The van der Waals surface area contributed by atoms with Crippen molar-refractivity contribution in [3.8, 4) is 0 Å². The van der Waals surface area contributed by atoms with Gasteiger partial charge in [-0.25, -0.2) is 9.37 Å². The monoisotopic (exact) mass is 412 g/mol. The lowest BCUT2D eigenvalue weighted by molar-refractivity contribution is 0.612. The standard InChI is InChI=1S/C23H33FN6/c1-4-25-23(27-15-5-7-18-9-11-20(12-10-18)29(2)3)28-19-13-16-30(17-19)22-21(24)8-6-14-26-22/h6,8-12,14,19H,4-5,7,13,15-17H2,1-3H3,(H2,25,27,28). The Labute approximate surface area is 179 Å². The van der Waals surface area contributed by atoms with E-state index >= 15 is 0 Å². The number of aliphatic imine (C=N–C) groups is 1. The number of hydrogen-bond donors (Lipinski definition) is 2. The second-order valence-electron chi connectivity index (χ2n) is 7.81. The van der Waals surface area contributed by atoms with Crippen molar-refractivity contribution in [3.63, 3.8) is 0 Å². The Morgan fingerprint density at radius 1 is 1.27 bits per heavy atom. The summed E-state index contributed by atoms with van der Waals surface area (Å²) in [6, 6.07) is 12.0. The molecule has 0 bridgehead atoms. The highest BCUT2D eigenvalue weighted by Crippen LogP contribution is 2.20. The number of aromatic nitrogens is 1. The number of guanidine groups is 1. The van der Waals surface area contributed by atoms with Crippen LogP contribution < -0.4 is 20.4 Å². The first-order chi connectivity index (χ1) is 14.6. The summed E-state index contributed by atoms with van der Waals surface area (Å²) in [4.78, 5) is 13.0. The Morgan fingerprint density at radius 2 is 2.07 bits per heavy atom. The quantitative estimate of drug-likeness (QED) is 0.397. The summed E-state index contributed by atoms with van der Waals surface area (Å²) in [7, 11) is 4.10. The first-order valence-electron chi connectivity index (χ1n) is 10.7. The van der Waals surface area contributed by atoms with E-state index in [-0.39, 0.29) is 11.9 Å². The van der Waals surface area contributed by atoms with E-state index in [1.54, 1.807) is 12.3 Å². The number of nitrogens with one attached hydrogen (secondary N) is 2. The Hall–Kier alpha value is -2.83. The van der Waals surface area contributed by atoms with Crippen molar-refractivity contribution < 1.29 is 4.39 Å². The second kappa shape index (κ2) is 10.8. The van der Waals surface area contributed by atoms with Crippen LogP contribution in [0.4, 0.5) is 15.9 Å². The molecule has 3 rings (SSSR count). The molecule has 1 unspecified atom stereocenters. The van der Waals surface area contributed by atoms with Crippen molar-refractivity contribution in [1.29, 1.82) is 0 Å². The van der Waals surface area contributed by atoms with E-state index in [1.165, 1.54) is 17.3 Å². The average molecular weight is 413 g/mol. The van der Waals surface area contributed by atoms with Crippen molar-refractivity contribution in [3.05, 3.63) is 54.0 Å². The number of aryl methyl sites for hydroxylation is 1. The molecule has 2 heterocycles. The molecule has 1 aromatic carbocycles. The molecule has 0 radical (unpaired) electrons. The van der Waals surface area contributed by atoms with Crippen molar-refractivity contribution >= 4 is 17.5 Å². The molecule has 0 aliphatic carbocycles. The summed E-state index contributed by atoms with van der Waals surface area (Å²) in [5.74, 6) is 0.996. The number of benzene rings is 1. The lowest BCUT2D eigenvalue weighted by atomic mass is 10.1. The minimum Gasteiger partial charge on any atom is -0.378 e. The largest absolute Gasteiger partial charge is 0.378 e. The molecule has 1 aromatic heterocycles. The zero-order chi connectivity index (χ0) is 21.3. The molecule has 1 saturated heterocycles. The van der Waals surface area contributed by atoms with Gasteiger partial charge in [-0.15, -0.1) is 0 Å². The molecular weight excluding hydrogens is 379 g/mol. The molecular formula is C23H33FN6. The maximum atomic E-state index is 14.0.